The number of rotatable bonds is 8. The van der Waals surface area contributed by atoms with Gasteiger partial charge >= 0.3 is 0 Å². The number of ether oxygens (including phenoxy) is 1. The SMILES string of the molecule is CCOc1ccccc1NC(=O)CC1C(=O)Nc2ccccc2N1S(=O)(=O)c1cccc([N+](=O)[O-])c1. The maximum absolute atomic E-state index is 13.7. The minimum atomic E-state index is -4.49. The fourth-order valence-corrected chi connectivity index (χ4v) is 5.50. The molecular weight excluding hydrogens is 488 g/mol. The highest BCUT2D eigenvalue weighted by Crippen LogP contribution is 2.38. The molecule has 4 rings (SSSR count). The molecule has 0 aliphatic carbocycles. The minimum absolute atomic E-state index is 0.135. The summed E-state index contributed by atoms with van der Waals surface area (Å²) in [6.45, 7) is 2.16. The first kappa shape index (κ1) is 24.7. The number of non-ortho nitro benzene ring substituents is 1. The number of hydrogen-bond acceptors (Lipinski definition) is 7. The first-order valence-electron chi connectivity index (χ1n) is 10.9. The van der Waals surface area contributed by atoms with E-state index in [9.17, 15) is 28.1 Å². The number of nitrogens with one attached hydrogen (secondary N) is 2. The lowest BCUT2D eigenvalue weighted by molar-refractivity contribution is -0.385. The lowest BCUT2D eigenvalue weighted by Crippen LogP contribution is -2.52. The van der Waals surface area contributed by atoms with E-state index in [4.69, 9.17) is 4.74 Å². The van der Waals surface area contributed by atoms with E-state index in [1.807, 2.05) is 0 Å². The van der Waals surface area contributed by atoms with Crippen molar-refractivity contribution in [3.8, 4) is 5.75 Å². The zero-order valence-corrected chi connectivity index (χ0v) is 19.9. The van der Waals surface area contributed by atoms with Crippen molar-refractivity contribution >= 4 is 44.6 Å². The first-order valence-corrected chi connectivity index (χ1v) is 12.4. The third-order valence-electron chi connectivity index (χ3n) is 5.41. The highest BCUT2D eigenvalue weighted by atomic mass is 32.2. The molecule has 0 aromatic heterocycles. The zero-order valence-electron chi connectivity index (χ0n) is 19.1. The second-order valence-electron chi connectivity index (χ2n) is 7.76. The number of nitrogens with zero attached hydrogens (tertiary/aromatic N) is 2. The van der Waals surface area contributed by atoms with Crippen molar-refractivity contribution in [1.82, 2.24) is 0 Å². The van der Waals surface area contributed by atoms with Crippen LogP contribution >= 0.6 is 0 Å². The van der Waals surface area contributed by atoms with E-state index < -0.39 is 44.9 Å². The maximum Gasteiger partial charge on any atom is 0.270 e. The number of sulfonamides is 1. The van der Waals surface area contributed by atoms with Crippen LogP contribution in [0.2, 0.25) is 0 Å². The van der Waals surface area contributed by atoms with Crippen LogP contribution in [0.1, 0.15) is 13.3 Å². The molecule has 12 heteroatoms. The van der Waals surface area contributed by atoms with Crippen LogP contribution in [0.3, 0.4) is 0 Å². The molecule has 186 valence electrons. The van der Waals surface area contributed by atoms with E-state index in [0.717, 1.165) is 16.4 Å². The molecule has 0 saturated heterocycles. The maximum atomic E-state index is 13.7. The Morgan fingerprint density at radius 2 is 1.83 bits per heavy atom. The van der Waals surface area contributed by atoms with Crippen LogP contribution in [-0.2, 0) is 19.6 Å². The Morgan fingerprint density at radius 3 is 2.58 bits per heavy atom. The summed E-state index contributed by atoms with van der Waals surface area (Å²) in [6, 6.07) is 16.0. The van der Waals surface area contributed by atoms with E-state index in [1.54, 1.807) is 43.3 Å². The standard InChI is InChI=1S/C24H22N4O7S/c1-2-35-22-13-6-4-11-19(22)25-23(29)15-21-24(30)26-18-10-3-5-12-20(18)27(21)36(33,34)17-9-7-8-16(14-17)28(31)32/h3-14,21H,2,15H2,1H3,(H,25,29)(H,26,30). The summed E-state index contributed by atoms with van der Waals surface area (Å²) in [6.07, 6.45) is -0.519. The van der Waals surface area contributed by atoms with Crippen LogP contribution in [0, 0.1) is 10.1 Å². The van der Waals surface area contributed by atoms with Crippen LogP contribution < -0.4 is 19.7 Å². The fraction of sp³-hybridized carbons (Fsp3) is 0.167. The van der Waals surface area contributed by atoms with Crippen LogP contribution in [0.5, 0.6) is 5.75 Å². The summed E-state index contributed by atoms with van der Waals surface area (Å²) < 4.78 is 33.8. The van der Waals surface area contributed by atoms with E-state index in [0.29, 0.717) is 18.0 Å². The molecule has 0 spiro atoms. The number of amides is 2. The van der Waals surface area contributed by atoms with Gasteiger partial charge in [0.05, 0.1) is 39.9 Å². The number of para-hydroxylation sites is 4. The van der Waals surface area contributed by atoms with Crippen molar-refractivity contribution < 1.29 is 27.7 Å². The molecule has 2 amide bonds. The van der Waals surface area contributed by atoms with E-state index in [1.165, 1.54) is 24.3 Å². The van der Waals surface area contributed by atoms with Gasteiger partial charge in [-0.3, -0.25) is 24.0 Å². The average molecular weight is 511 g/mol. The number of carbonyl (C=O) groups is 2. The predicted molar refractivity (Wildman–Crippen MR) is 132 cm³/mol. The molecule has 0 fully saturated rings. The topological polar surface area (TPSA) is 148 Å². The molecule has 1 heterocycles. The summed E-state index contributed by atoms with van der Waals surface area (Å²) in [5, 5.41) is 16.5. The molecule has 3 aromatic carbocycles. The monoisotopic (exact) mass is 510 g/mol. The van der Waals surface area contributed by atoms with Gasteiger partial charge < -0.3 is 15.4 Å². The van der Waals surface area contributed by atoms with Gasteiger partial charge in [-0.05, 0) is 37.3 Å². The smallest absolute Gasteiger partial charge is 0.270 e. The number of nitro groups is 1. The highest BCUT2D eigenvalue weighted by molar-refractivity contribution is 7.93. The van der Waals surface area contributed by atoms with Gasteiger partial charge in [0, 0.05) is 12.1 Å². The fourth-order valence-electron chi connectivity index (χ4n) is 3.83. The lowest BCUT2D eigenvalue weighted by Gasteiger charge is -2.36. The summed E-state index contributed by atoms with van der Waals surface area (Å²) in [4.78, 5) is 36.2. The number of carbonyl (C=O) groups excluding carboxylic acids is 2. The van der Waals surface area contributed by atoms with E-state index >= 15 is 0 Å². The van der Waals surface area contributed by atoms with Crippen molar-refractivity contribution in [2.45, 2.75) is 24.3 Å². The molecule has 1 aliphatic heterocycles. The van der Waals surface area contributed by atoms with Crippen LogP contribution in [0.25, 0.3) is 0 Å². The number of benzene rings is 3. The molecule has 11 nitrogen and oxygen atoms in total. The third kappa shape index (κ3) is 4.84. The predicted octanol–water partition coefficient (Wildman–Crippen LogP) is 3.54. The number of nitro benzene ring substituents is 1. The first-order chi connectivity index (χ1) is 17.2. The van der Waals surface area contributed by atoms with Crippen molar-refractivity contribution in [2.75, 3.05) is 21.5 Å². The third-order valence-corrected chi connectivity index (χ3v) is 7.23. The Bertz CT molecular complexity index is 1440. The molecule has 1 aliphatic rings. The average Bonchev–Trinajstić information content (AvgIpc) is 2.85. The van der Waals surface area contributed by atoms with Gasteiger partial charge in [0.2, 0.25) is 11.8 Å². The quantitative estimate of drug-likeness (QED) is 0.348. The molecule has 1 atom stereocenters. The van der Waals surface area contributed by atoms with Gasteiger partial charge in [-0.1, -0.05) is 30.3 Å². The highest BCUT2D eigenvalue weighted by Gasteiger charge is 2.42. The van der Waals surface area contributed by atoms with Crippen LogP contribution in [0.4, 0.5) is 22.7 Å². The second-order valence-corrected chi connectivity index (χ2v) is 9.57. The summed E-state index contributed by atoms with van der Waals surface area (Å²) in [7, 11) is -4.49. The Kier molecular flexibility index (Phi) is 6.88. The van der Waals surface area contributed by atoms with Crippen molar-refractivity contribution in [1.29, 1.82) is 0 Å². The molecule has 2 N–H and O–H groups in total. The van der Waals surface area contributed by atoms with Crippen LogP contribution in [-0.4, -0.2) is 37.8 Å². The molecular formula is C24H22N4O7S. The largest absolute Gasteiger partial charge is 0.492 e. The van der Waals surface area contributed by atoms with Gasteiger partial charge in [-0.25, -0.2) is 8.42 Å². The number of anilines is 3. The van der Waals surface area contributed by atoms with Gasteiger partial charge in [0.1, 0.15) is 11.8 Å². The van der Waals surface area contributed by atoms with Gasteiger partial charge in [-0.2, -0.15) is 0 Å². The lowest BCUT2D eigenvalue weighted by atomic mass is 10.1. The van der Waals surface area contributed by atoms with E-state index in [2.05, 4.69) is 10.6 Å². The molecule has 0 radical (unpaired) electrons. The Labute approximate surface area is 206 Å². The van der Waals surface area contributed by atoms with E-state index in [-0.39, 0.29) is 16.3 Å². The van der Waals surface area contributed by atoms with Gasteiger partial charge in [0.25, 0.3) is 15.7 Å². The summed E-state index contributed by atoms with van der Waals surface area (Å²) in [5.41, 5.74) is 0.313. The molecule has 3 aromatic rings. The van der Waals surface area contributed by atoms with Crippen molar-refractivity contribution in [3.63, 3.8) is 0 Å². The van der Waals surface area contributed by atoms with Crippen molar-refractivity contribution in [3.05, 3.63) is 82.9 Å². The van der Waals surface area contributed by atoms with Gasteiger partial charge in [0.15, 0.2) is 0 Å². The molecule has 36 heavy (non-hydrogen) atoms. The second kappa shape index (κ2) is 10.0. The summed E-state index contributed by atoms with van der Waals surface area (Å²) in [5.74, 6) is -0.912. The number of fused-ring (bicyclic) bond motifs is 1. The van der Waals surface area contributed by atoms with Crippen molar-refractivity contribution in [2.24, 2.45) is 0 Å². The number of hydrogen-bond donors (Lipinski definition) is 2. The zero-order chi connectivity index (χ0) is 25.9. The Balaban J connectivity index is 1.72. The molecule has 0 saturated carbocycles. The molecule has 0 bridgehead atoms. The summed E-state index contributed by atoms with van der Waals surface area (Å²) >= 11 is 0. The Hall–Kier alpha value is -4.45. The van der Waals surface area contributed by atoms with Crippen LogP contribution in [0.15, 0.2) is 77.7 Å². The normalized spacial score (nSPS) is 15.0. The minimum Gasteiger partial charge on any atom is -0.492 e. The Morgan fingerprint density at radius 1 is 1.11 bits per heavy atom. The van der Waals surface area contributed by atoms with Gasteiger partial charge in [-0.15, -0.1) is 0 Å². The molecule has 1 unspecified atom stereocenters.